The van der Waals surface area contributed by atoms with Gasteiger partial charge >= 0.3 is 0 Å². The van der Waals surface area contributed by atoms with Crippen LogP contribution in [0.2, 0.25) is 0 Å². The van der Waals surface area contributed by atoms with Crippen LogP contribution < -0.4 is 15.4 Å². The molecule has 1 fully saturated rings. The lowest BCUT2D eigenvalue weighted by molar-refractivity contribution is -0.125. The van der Waals surface area contributed by atoms with E-state index in [-0.39, 0.29) is 22.6 Å². The molecule has 1 aliphatic heterocycles. The van der Waals surface area contributed by atoms with E-state index < -0.39 is 16.1 Å². The standard InChI is InChI=1S/C29H30N4O3S/c34-29(32-20-26(21-9-3-1-4-10-21)22-11-5-2-6-12-22)24-17-25(19-30-18-24)33-37(35,36)27-15-7-13-23-14-8-16-31-28(23)27/h1-16,24-26,30,33H,17-20H2,(H,32,34)/t24-,25+/m0/s1. The van der Waals surface area contributed by atoms with Crippen LogP contribution in [0.15, 0.2) is 102 Å². The van der Waals surface area contributed by atoms with Crippen molar-refractivity contribution in [2.24, 2.45) is 5.92 Å². The Morgan fingerprint density at radius 1 is 0.892 bits per heavy atom. The van der Waals surface area contributed by atoms with Crippen LogP contribution in [0.5, 0.6) is 0 Å². The molecular weight excluding hydrogens is 484 g/mol. The summed E-state index contributed by atoms with van der Waals surface area (Å²) in [5.41, 5.74) is 2.69. The predicted molar refractivity (Wildman–Crippen MR) is 145 cm³/mol. The molecule has 2 atom stereocenters. The fourth-order valence-electron chi connectivity index (χ4n) is 4.95. The van der Waals surface area contributed by atoms with Crippen molar-refractivity contribution >= 4 is 26.8 Å². The molecule has 4 aromatic rings. The van der Waals surface area contributed by atoms with E-state index in [2.05, 4.69) is 44.6 Å². The maximum absolute atomic E-state index is 13.2. The summed E-state index contributed by atoms with van der Waals surface area (Å²) in [5.74, 6) is -0.407. The molecule has 0 radical (unpaired) electrons. The number of aromatic nitrogens is 1. The van der Waals surface area contributed by atoms with Crippen molar-refractivity contribution in [3.8, 4) is 0 Å². The first kappa shape index (κ1) is 25.1. The van der Waals surface area contributed by atoms with Crippen molar-refractivity contribution < 1.29 is 13.2 Å². The second kappa shape index (κ2) is 11.2. The smallest absolute Gasteiger partial charge is 0.243 e. The first-order valence-corrected chi connectivity index (χ1v) is 13.9. The number of benzene rings is 3. The minimum absolute atomic E-state index is 0.0241. The number of amides is 1. The van der Waals surface area contributed by atoms with E-state index in [9.17, 15) is 13.2 Å². The topological polar surface area (TPSA) is 100 Å². The highest BCUT2D eigenvalue weighted by molar-refractivity contribution is 7.89. The van der Waals surface area contributed by atoms with Gasteiger partial charge in [0.15, 0.2) is 0 Å². The van der Waals surface area contributed by atoms with Gasteiger partial charge in [-0.2, -0.15) is 0 Å². The number of piperidine rings is 1. The molecule has 1 aliphatic rings. The number of fused-ring (bicyclic) bond motifs is 1. The first-order chi connectivity index (χ1) is 18.0. The Hall–Kier alpha value is -3.59. The first-order valence-electron chi connectivity index (χ1n) is 12.5. The molecule has 8 heteroatoms. The largest absolute Gasteiger partial charge is 0.355 e. The van der Waals surface area contributed by atoms with Crippen LogP contribution in [0.3, 0.4) is 0 Å². The molecule has 5 rings (SSSR count). The number of pyridine rings is 1. The van der Waals surface area contributed by atoms with Gasteiger partial charge in [-0.1, -0.05) is 78.9 Å². The van der Waals surface area contributed by atoms with E-state index in [1.54, 1.807) is 24.4 Å². The Morgan fingerprint density at radius 2 is 1.57 bits per heavy atom. The molecular formula is C29H30N4O3S. The molecule has 190 valence electrons. The third-order valence-corrected chi connectivity index (χ3v) is 8.36. The summed E-state index contributed by atoms with van der Waals surface area (Å²) in [6.45, 7) is 1.42. The number of nitrogens with one attached hydrogen (secondary N) is 3. The number of sulfonamides is 1. The van der Waals surface area contributed by atoms with Crippen molar-refractivity contribution in [1.82, 2.24) is 20.3 Å². The van der Waals surface area contributed by atoms with Crippen LogP contribution in [0.4, 0.5) is 0 Å². The van der Waals surface area contributed by atoms with E-state index in [0.717, 1.165) is 16.5 Å². The normalized spacial score (nSPS) is 18.1. The second-order valence-corrected chi connectivity index (χ2v) is 11.0. The summed E-state index contributed by atoms with van der Waals surface area (Å²) in [6.07, 6.45) is 2.00. The molecule has 0 spiro atoms. The number of hydrogen-bond acceptors (Lipinski definition) is 5. The van der Waals surface area contributed by atoms with Gasteiger partial charge in [-0.15, -0.1) is 0 Å². The van der Waals surface area contributed by atoms with Crippen LogP contribution in [0.25, 0.3) is 10.9 Å². The zero-order chi connectivity index (χ0) is 25.7. The predicted octanol–water partition coefficient (Wildman–Crippen LogP) is 3.44. The van der Waals surface area contributed by atoms with Gasteiger partial charge in [0.1, 0.15) is 4.90 Å². The summed E-state index contributed by atoms with van der Waals surface area (Å²) < 4.78 is 29.3. The Bertz CT molecular complexity index is 1420. The molecule has 3 N–H and O–H groups in total. The fraction of sp³-hybridized carbons (Fsp3) is 0.241. The molecule has 3 aromatic carbocycles. The van der Waals surface area contributed by atoms with Gasteiger partial charge in [-0.3, -0.25) is 9.78 Å². The van der Waals surface area contributed by atoms with Gasteiger partial charge in [0.05, 0.1) is 11.4 Å². The molecule has 1 aromatic heterocycles. The number of nitrogens with zero attached hydrogens (tertiary/aromatic N) is 1. The van der Waals surface area contributed by atoms with E-state index >= 15 is 0 Å². The summed E-state index contributed by atoms with van der Waals surface area (Å²) in [5, 5.41) is 7.11. The maximum Gasteiger partial charge on any atom is 0.243 e. The van der Waals surface area contributed by atoms with Crippen molar-refractivity contribution in [3.05, 3.63) is 108 Å². The van der Waals surface area contributed by atoms with Crippen molar-refractivity contribution in [3.63, 3.8) is 0 Å². The van der Waals surface area contributed by atoms with Crippen LogP contribution >= 0.6 is 0 Å². The monoisotopic (exact) mass is 514 g/mol. The molecule has 1 saturated heterocycles. The van der Waals surface area contributed by atoms with Crippen LogP contribution in [0.1, 0.15) is 23.5 Å². The van der Waals surface area contributed by atoms with E-state index in [1.165, 1.54) is 0 Å². The van der Waals surface area contributed by atoms with Gasteiger partial charge in [-0.05, 0) is 29.7 Å². The van der Waals surface area contributed by atoms with Gasteiger partial charge in [0, 0.05) is 43.2 Å². The van der Waals surface area contributed by atoms with Crippen LogP contribution in [0, 0.1) is 5.92 Å². The van der Waals surface area contributed by atoms with Crippen LogP contribution in [-0.4, -0.2) is 45.0 Å². The zero-order valence-corrected chi connectivity index (χ0v) is 21.2. The number of rotatable bonds is 8. The van der Waals surface area contributed by atoms with Gasteiger partial charge in [0.2, 0.25) is 15.9 Å². The van der Waals surface area contributed by atoms with Gasteiger partial charge < -0.3 is 10.6 Å². The van der Waals surface area contributed by atoms with Gasteiger partial charge in [-0.25, -0.2) is 13.1 Å². The Kier molecular flexibility index (Phi) is 7.60. The molecule has 1 amide bonds. The summed E-state index contributed by atoms with van der Waals surface area (Å²) in [7, 11) is -3.82. The maximum atomic E-state index is 13.2. The lowest BCUT2D eigenvalue weighted by atomic mass is 9.90. The zero-order valence-electron chi connectivity index (χ0n) is 20.4. The quantitative estimate of drug-likeness (QED) is 0.335. The van der Waals surface area contributed by atoms with Crippen molar-refractivity contribution in [2.45, 2.75) is 23.3 Å². The Morgan fingerprint density at radius 3 is 2.27 bits per heavy atom. The summed E-state index contributed by atoms with van der Waals surface area (Å²) in [6, 6.07) is 28.5. The van der Waals surface area contributed by atoms with E-state index in [0.29, 0.717) is 31.6 Å². The number of carbonyl (C=O) groups excluding carboxylic acids is 1. The van der Waals surface area contributed by atoms with E-state index in [1.807, 2.05) is 48.5 Å². The lowest BCUT2D eigenvalue weighted by Crippen LogP contribution is -2.52. The molecule has 0 saturated carbocycles. The number of hydrogen-bond donors (Lipinski definition) is 3. The average molecular weight is 515 g/mol. The minimum Gasteiger partial charge on any atom is -0.355 e. The Balaban J connectivity index is 1.26. The molecule has 37 heavy (non-hydrogen) atoms. The SMILES string of the molecule is O=C(NCC(c1ccccc1)c1ccccc1)[C@@H]1CNC[C@H](NS(=O)(=O)c2cccc3cccnc23)C1. The lowest BCUT2D eigenvalue weighted by Gasteiger charge is -2.30. The van der Waals surface area contributed by atoms with Gasteiger partial charge in [0.25, 0.3) is 0 Å². The molecule has 2 heterocycles. The minimum atomic E-state index is -3.82. The summed E-state index contributed by atoms with van der Waals surface area (Å²) in [4.78, 5) is 17.6. The Labute approximate surface area is 217 Å². The highest BCUT2D eigenvalue weighted by atomic mass is 32.2. The highest BCUT2D eigenvalue weighted by Crippen LogP contribution is 2.25. The molecule has 0 unspecified atom stereocenters. The van der Waals surface area contributed by atoms with Crippen molar-refractivity contribution in [1.29, 1.82) is 0 Å². The fourth-order valence-corrected chi connectivity index (χ4v) is 6.38. The third kappa shape index (κ3) is 5.88. The molecule has 0 bridgehead atoms. The second-order valence-electron chi connectivity index (χ2n) is 9.36. The van der Waals surface area contributed by atoms with Crippen LogP contribution in [-0.2, 0) is 14.8 Å². The summed E-state index contributed by atoms with van der Waals surface area (Å²) >= 11 is 0. The molecule has 7 nitrogen and oxygen atoms in total. The number of carbonyl (C=O) groups is 1. The van der Waals surface area contributed by atoms with E-state index in [4.69, 9.17) is 0 Å². The number of para-hydroxylation sites is 1. The molecule has 0 aliphatic carbocycles. The average Bonchev–Trinajstić information content (AvgIpc) is 2.94. The third-order valence-electron chi connectivity index (χ3n) is 6.81. The highest BCUT2D eigenvalue weighted by Gasteiger charge is 2.31. The van der Waals surface area contributed by atoms with Crippen molar-refractivity contribution in [2.75, 3.05) is 19.6 Å².